The maximum Gasteiger partial charge on any atom is 0.240 e. The van der Waals surface area contributed by atoms with Crippen LogP contribution in [0, 0.1) is 6.92 Å². The van der Waals surface area contributed by atoms with Gasteiger partial charge in [-0.3, -0.25) is 4.90 Å². The summed E-state index contributed by atoms with van der Waals surface area (Å²) >= 11 is 6.21. The SMILES string of the molecule is CCNS(=O)(=O)c1cc(C)ccc1C1(O)CCN(Cc2cccc(Oc3ccccc3Cl)c2)CC1. The molecule has 1 aliphatic heterocycles. The molecule has 0 saturated carbocycles. The Kier molecular flexibility index (Phi) is 7.83. The molecule has 0 spiro atoms. The van der Waals surface area contributed by atoms with Crippen molar-refractivity contribution in [1.82, 2.24) is 9.62 Å². The Bertz CT molecular complexity index is 1290. The average Bonchev–Trinajstić information content (AvgIpc) is 2.82. The normalized spacial score (nSPS) is 16.2. The molecule has 0 aliphatic carbocycles. The lowest BCUT2D eigenvalue weighted by Crippen LogP contribution is -2.43. The van der Waals surface area contributed by atoms with Gasteiger partial charge in [0.2, 0.25) is 10.0 Å². The third-order valence-electron chi connectivity index (χ3n) is 6.31. The van der Waals surface area contributed by atoms with E-state index in [4.69, 9.17) is 16.3 Å². The third kappa shape index (κ3) is 6.05. The number of halogens is 1. The Morgan fingerprint density at radius 3 is 2.51 bits per heavy atom. The number of nitrogens with zero attached hydrogens (tertiary/aromatic N) is 1. The van der Waals surface area contributed by atoms with E-state index < -0.39 is 15.6 Å². The number of nitrogens with one attached hydrogen (secondary N) is 1. The number of hydrogen-bond donors (Lipinski definition) is 2. The predicted octanol–water partition coefficient (Wildman–Crippen LogP) is 5.22. The van der Waals surface area contributed by atoms with E-state index >= 15 is 0 Å². The van der Waals surface area contributed by atoms with Crippen LogP contribution >= 0.6 is 11.6 Å². The highest BCUT2D eigenvalue weighted by Crippen LogP contribution is 2.37. The zero-order chi connectivity index (χ0) is 25.1. The van der Waals surface area contributed by atoms with Crippen molar-refractivity contribution in [3.63, 3.8) is 0 Å². The Balaban J connectivity index is 1.46. The summed E-state index contributed by atoms with van der Waals surface area (Å²) < 4.78 is 34.2. The number of hydrogen-bond acceptors (Lipinski definition) is 5. The van der Waals surface area contributed by atoms with E-state index in [0.29, 0.717) is 61.1 Å². The molecule has 0 bridgehead atoms. The van der Waals surface area contributed by atoms with E-state index in [2.05, 4.69) is 9.62 Å². The maximum atomic E-state index is 12.8. The molecule has 0 aromatic heterocycles. The molecule has 1 saturated heterocycles. The van der Waals surface area contributed by atoms with Gasteiger partial charge in [-0.2, -0.15) is 0 Å². The summed E-state index contributed by atoms with van der Waals surface area (Å²) in [5, 5.41) is 12.1. The highest BCUT2D eigenvalue weighted by molar-refractivity contribution is 7.89. The number of ether oxygens (including phenoxy) is 1. The lowest BCUT2D eigenvalue weighted by molar-refractivity contribution is -0.0299. The van der Waals surface area contributed by atoms with Crippen LogP contribution < -0.4 is 9.46 Å². The average molecular weight is 515 g/mol. The van der Waals surface area contributed by atoms with Crippen LogP contribution in [0.15, 0.2) is 71.6 Å². The standard InChI is InChI=1S/C27H31ClN2O4S/c1-3-29-35(32,33)26-17-20(2)11-12-23(26)27(31)13-15-30(16-14-27)19-21-7-6-8-22(18-21)34-25-10-5-4-9-24(25)28/h4-12,17-18,29,31H,3,13-16,19H2,1-2H3. The molecule has 35 heavy (non-hydrogen) atoms. The van der Waals surface area contributed by atoms with E-state index in [1.54, 1.807) is 25.1 Å². The van der Waals surface area contributed by atoms with Gasteiger partial charge in [0.25, 0.3) is 0 Å². The Morgan fingerprint density at radius 1 is 1.06 bits per heavy atom. The molecule has 3 aromatic carbocycles. The number of benzene rings is 3. The van der Waals surface area contributed by atoms with Crippen LogP contribution in [0.2, 0.25) is 5.02 Å². The van der Waals surface area contributed by atoms with E-state index in [9.17, 15) is 13.5 Å². The van der Waals surface area contributed by atoms with Gasteiger partial charge in [-0.25, -0.2) is 13.1 Å². The van der Waals surface area contributed by atoms with Crippen molar-refractivity contribution in [3.05, 3.63) is 88.4 Å². The van der Waals surface area contributed by atoms with Crippen LogP contribution in [0.25, 0.3) is 0 Å². The van der Waals surface area contributed by atoms with Crippen molar-refractivity contribution in [2.75, 3.05) is 19.6 Å². The molecule has 3 aromatic rings. The molecule has 0 unspecified atom stereocenters. The Hall–Kier alpha value is -2.42. The number of sulfonamides is 1. The fourth-order valence-corrected chi connectivity index (χ4v) is 6.07. The zero-order valence-corrected chi connectivity index (χ0v) is 21.6. The van der Waals surface area contributed by atoms with E-state index in [0.717, 1.165) is 11.1 Å². The summed E-state index contributed by atoms with van der Waals surface area (Å²) in [6, 6.07) is 20.5. The summed E-state index contributed by atoms with van der Waals surface area (Å²) in [5.74, 6) is 1.32. The molecule has 0 radical (unpaired) electrons. The summed E-state index contributed by atoms with van der Waals surface area (Å²) in [7, 11) is -3.69. The van der Waals surface area contributed by atoms with Crippen LogP contribution in [0.5, 0.6) is 11.5 Å². The fraction of sp³-hybridized carbons (Fsp3) is 0.333. The molecule has 2 N–H and O–H groups in total. The van der Waals surface area contributed by atoms with E-state index in [-0.39, 0.29) is 4.90 Å². The Labute approximate surface area is 212 Å². The minimum atomic E-state index is -3.69. The van der Waals surface area contributed by atoms with Gasteiger partial charge in [0.05, 0.1) is 15.5 Å². The first-order valence-corrected chi connectivity index (χ1v) is 13.6. The molecule has 0 atom stereocenters. The molecule has 186 valence electrons. The lowest BCUT2D eigenvalue weighted by Gasteiger charge is -2.39. The number of aliphatic hydroxyl groups is 1. The summed E-state index contributed by atoms with van der Waals surface area (Å²) in [6.45, 7) is 5.87. The molecule has 4 rings (SSSR count). The molecule has 1 aliphatic rings. The zero-order valence-electron chi connectivity index (χ0n) is 20.0. The van der Waals surface area contributed by atoms with Crippen LogP contribution in [-0.4, -0.2) is 38.1 Å². The summed E-state index contributed by atoms with van der Waals surface area (Å²) in [6.07, 6.45) is 0.890. The van der Waals surface area contributed by atoms with Crippen molar-refractivity contribution in [3.8, 4) is 11.5 Å². The number of para-hydroxylation sites is 1. The van der Waals surface area contributed by atoms with Gasteiger partial charge >= 0.3 is 0 Å². The van der Waals surface area contributed by atoms with Crippen LogP contribution in [0.4, 0.5) is 0 Å². The van der Waals surface area contributed by atoms with Crippen LogP contribution in [-0.2, 0) is 22.2 Å². The quantitative estimate of drug-likeness (QED) is 0.430. The first kappa shape index (κ1) is 25.7. The monoisotopic (exact) mass is 514 g/mol. The summed E-state index contributed by atoms with van der Waals surface area (Å²) in [5.41, 5.74) is 1.20. The van der Waals surface area contributed by atoms with Crippen molar-refractivity contribution < 1.29 is 18.3 Å². The minimum absolute atomic E-state index is 0.166. The fourth-order valence-electron chi connectivity index (χ4n) is 4.47. The minimum Gasteiger partial charge on any atom is -0.456 e. The maximum absolute atomic E-state index is 12.8. The topological polar surface area (TPSA) is 78.9 Å². The highest BCUT2D eigenvalue weighted by Gasteiger charge is 2.38. The molecular formula is C27H31ClN2O4S. The molecule has 1 heterocycles. The number of likely N-dealkylation sites (tertiary alicyclic amines) is 1. The van der Waals surface area contributed by atoms with Crippen molar-refractivity contribution in [1.29, 1.82) is 0 Å². The van der Waals surface area contributed by atoms with Gasteiger partial charge in [0, 0.05) is 31.7 Å². The van der Waals surface area contributed by atoms with Crippen LogP contribution in [0.3, 0.4) is 0 Å². The second kappa shape index (κ2) is 10.7. The van der Waals surface area contributed by atoms with Crippen molar-refractivity contribution >= 4 is 21.6 Å². The number of aryl methyl sites for hydroxylation is 1. The van der Waals surface area contributed by atoms with E-state index in [1.165, 1.54) is 0 Å². The first-order valence-electron chi connectivity index (χ1n) is 11.8. The molecule has 1 fully saturated rings. The smallest absolute Gasteiger partial charge is 0.240 e. The van der Waals surface area contributed by atoms with Gasteiger partial charge < -0.3 is 9.84 Å². The van der Waals surface area contributed by atoms with Gasteiger partial charge in [-0.05, 0) is 61.2 Å². The number of piperidine rings is 1. The molecule has 0 amide bonds. The highest BCUT2D eigenvalue weighted by atomic mass is 35.5. The van der Waals surface area contributed by atoms with Gasteiger partial charge in [-0.15, -0.1) is 0 Å². The van der Waals surface area contributed by atoms with Crippen LogP contribution in [0.1, 0.15) is 36.5 Å². The molecule has 8 heteroatoms. The van der Waals surface area contributed by atoms with Gasteiger partial charge in [0.1, 0.15) is 11.5 Å². The lowest BCUT2D eigenvalue weighted by atomic mass is 9.84. The second-order valence-electron chi connectivity index (χ2n) is 8.99. The third-order valence-corrected chi connectivity index (χ3v) is 8.21. The van der Waals surface area contributed by atoms with Gasteiger partial charge in [-0.1, -0.05) is 54.9 Å². The Morgan fingerprint density at radius 2 is 1.80 bits per heavy atom. The van der Waals surface area contributed by atoms with Crippen molar-refractivity contribution in [2.45, 2.75) is 43.7 Å². The summed E-state index contributed by atoms with van der Waals surface area (Å²) in [4.78, 5) is 2.43. The number of rotatable bonds is 8. The second-order valence-corrected chi connectivity index (χ2v) is 11.1. The predicted molar refractivity (Wildman–Crippen MR) is 138 cm³/mol. The largest absolute Gasteiger partial charge is 0.456 e. The first-order chi connectivity index (χ1) is 16.7. The van der Waals surface area contributed by atoms with Crippen molar-refractivity contribution in [2.24, 2.45) is 0 Å². The molecule has 6 nitrogen and oxygen atoms in total. The van der Waals surface area contributed by atoms with E-state index in [1.807, 2.05) is 55.5 Å². The van der Waals surface area contributed by atoms with Gasteiger partial charge in [0.15, 0.2) is 0 Å². The molecular weight excluding hydrogens is 484 g/mol.